The van der Waals surface area contributed by atoms with Crippen LogP contribution in [0.2, 0.25) is 0 Å². The molecule has 2 aliphatic carbocycles. The zero-order valence-electron chi connectivity index (χ0n) is 11.6. The van der Waals surface area contributed by atoms with Gasteiger partial charge in [-0.25, -0.2) is 0 Å². The van der Waals surface area contributed by atoms with Gasteiger partial charge in [0, 0.05) is 26.0 Å². The summed E-state index contributed by atoms with van der Waals surface area (Å²) >= 11 is 1.85. The number of nitrogens with one attached hydrogen (secondary N) is 1. The summed E-state index contributed by atoms with van der Waals surface area (Å²) in [7, 11) is 1.73. The third-order valence-corrected chi connectivity index (χ3v) is 5.45. The molecule has 0 bridgehead atoms. The zero-order chi connectivity index (χ0) is 13.1. The van der Waals surface area contributed by atoms with Gasteiger partial charge >= 0.3 is 0 Å². The van der Waals surface area contributed by atoms with Crippen LogP contribution in [0.4, 0.5) is 0 Å². The van der Waals surface area contributed by atoms with E-state index in [4.69, 9.17) is 4.74 Å². The maximum absolute atomic E-state index is 5.00. The van der Waals surface area contributed by atoms with Gasteiger partial charge in [-0.2, -0.15) is 0 Å². The minimum absolute atomic E-state index is 0.731. The summed E-state index contributed by atoms with van der Waals surface area (Å²) in [6, 6.07) is 0. The summed E-state index contributed by atoms with van der Waals surface area (Å²) < 4.78 is 5.00. The lowest BCUT2D eigenvalue weighted by atomic mass is 10.1. The molecule has 0 saturated heterocycles. The van der Waals surface area contributed by atoms with Gasteiger partial charge in [0.2, 0.25) is 0 Å². The summed E-state index contributed by atoms with van der Waals surface area (Å²) in [6.45, 7) is 2.75. The Balaban J connectivity index is 1.36. The van der Waals surface area contributed by atoms with Gasteiger partial charge in [-0.1, -0.05) is 0 Å². The number of aryl methyl sites for hydroxylation is 1. The molecule has 1 N–H and O–H groups in total. The van der Waals surface area contributed by atoms with Crippen LogP contribution in [0.3, 0.4) is 0 Å². The molecule has 0 amide bonds. The number of hydrogen-bond donors (Lipinski definition) is 1. The minimum Gasteiger partial charge on any atom is -0.383 e. The molecule has 2 unspecified atom stereocenters. The first kappa shape index (κ1) is 13.5. The summed E-state index contributed by atoms with van der Waals surface area (Å²) in [5, 5.41) is 14.6. The van der Waals surface area contributed by atoms with Crippen molar-refractivity contribution in [2.45, 2.75) is 38.0 Å². The molecular formula is C14H23N3OS. The first-order valence-electron chi connectivity index (χ1n) is 7.38. The fourth-order valence-electron chi connectivity index (χ4n) is 3.11. The molecule has 106 valence electrons. The van der Waals surface area contributed by atoms with Crippen LogP contribution in [0.5, 0.6) is 0 Å². The maximum atomic E-state index is 5.00. The van der Waals surface area contributed by atoms with Crippen LogP contribution in [0.25, 0.3) is 0 Å². The second kappa shape index (κ2) is 6.29. The van der Waals surface area contributed by atoms with Crippen LogP contribution in [-0.2, 0) is 11.2 Å². The molecule has 2 atom stereocenters. The highest BCUT2D eigenvalue weighted by Gasteiger charge is 2.47. The molecule has 2 fully saturated rings. The Labute approximate surface area is 119 Å². The molecule has 1 heterocycles. The van der Waals surface area contributed by atoms with Crippen molar-refractivity contribution in [3.63, 3.8) is 0 Å². The van der Waals surface area contributed by atoms with E-state index >= 15 is 0 Å². The predicted molar refractivity (Wildman–Crippen MR) is 76.5 cm³/mol. The van der Waals surface area contributed by atoms with Crippen LogP contribution in [0, 0.1) is 11.8 Å². The highest BCUT2D eigenvalue weighted by molar-refractivity contribution is 7.11. The van der Waals surface area contributed by atoms with Crippen LogP contribution >= 0.6 is 11.3 Å². The monoisotopic (exact) mass is 281 g/mol. The van der Waals surface area contributed by atoms with E-state index in [9.17, 15) is 0 Å². The fraction of sp³-hybridized carbons (Fsp3) is 0.857. The van der Waals surface area contributed by atoms with Crippen molar-refractivity contribution in [1.29, 1.82) is 0 Å². The maximum Gasteiger partial charge on any atom is 0.120 e. The summed E-state index contributed by atoms with van der Waals surface area (Å²) in [4.78, 5) is 0. The molecule has 0 aliphatic heterocycles. The van der Waals surface area contributed by atoms with Gasteiger partial charge in [-0.3, -0.25) is 0 Å². The van der Waals surface area contributed by atoms with Crippen molar-refractivity contribution in [3.8, 4) is 0 Å². The van der Waals surface area contributed by atoms with Crippen LogP contribution in [0.1, 0.15) is 41.6 Å². The summed E-state index contributed by atoms with van der Waals surface area (Å²) in [5.41, 5.74) is 0. The Morgan fingerprint density at radius 3 is 2.84 bits per heavy atom. The van der Waals surface area contributed by atoms with Crippen LogP contribution in [0.15, 0.2) is 0 Å². The third kappa shape index (κ3) is 3.52. The van der Waals surface area contributed by atoms with E-state index in [0.29, 0.717) is 0 Å². The Morgan fingerprint density at radius 1 is 1.21 bits per heavy atom. The second-order valence-corrected chi connectivity index (χ2v) is 6.90. The number of methoxy groups -OCH3 is 1. The molecule has 0 radical (unpaired) electrons. The molecule has 5 heteroatoms. The van der Waals surface area contributed by atoms with Gasteiger partial charge in [-0.15, -0.1) is 21.5 Å². The van der Waals surface area contributed by atoms with Crippen molar-refractivity contribution in [3.05, 3.63) is 10.0 Å². The van der Waals surface area contributed by atoms with Gasteiger partial charge in [0.05, 0.1) is 6.61 Å². The van der Waals surface area contributed by atoms with Crippen molar-refractivity contribution in [2.24, 2.45) is 11.8 Å². The molecule has 4 nitrogen and oxygen atoms in total. The molecule has 0 aromatic carbocycles. The SMILES string of the molecule is COCCNCCCc1nnc(C2CC3CC3C2)s1. The Bertz CT molecular complexity index is 399. The van der Waals surface area contributed by atoms with E-state index in [1.54, 1.807) is 7.11 Å². The van der Waals surface area contributed by atoms with Gasteiger partial charge in [0.1, 0.15) is 10.0 Å². The van der Waals surface area contributed by atoms with E-state index in [1.165, 1.54) is 29.3 Å². The quantitative estimate of drug-likeness (QED) is 0.742. The molecule has 2 saturated carbocycles. The molecular weight excluding hydrogens is 258 g/mol. The van der Waals surface area contributed by atoms with Crippen molar-refractivity contribution < 1.29 is 4.74 Å². The third-order valence-electron chi connectivity index (χ3n) is 4.30. The van der Waals surface area contributed by atoms with Crippen molar-refractivity contribution in [2.75, 3.05) is 26.8 Å². The van der Waals surface area contributed by atoms with Gasteiger partial charge in [-0.05, 0) is 44.1 Å². The fourth-order valence-corrected chi connectivity index (χ4v) is 4.12. The Morgan fingerprint density at radius 2 is 2.05 bits per heavy atom. The van der Waals surface area contributed by atoms with Gasteiger partial charge in [0.15, 0.2) is 0 Å². The largest absolute Gasteiger partial charge is 0.383 e. The van der Waals surface area contributed by atoms with Gasteiger partial charge in [0.25, 0.3) is 0 Å². The smallest absolute Gasteiger partial charge is 0.120 e. The average Bonchev–Trinajstić information content (AvgIpc) is 2.86. The minimum atomic E-state index is 0.731. The van der Waals surface area contributed by atoms with Crippen LogP contribution < -0.4 is 5.32 Å². The van der Waals surface area contributed by atoms with Crippen molar-refractivity contribution >= 4 is 11.3 Å². The molecule has 19 heavy (non-hydrogen) atoms. The number of fused-ring (bicyclic) bond motifs is 1. The average molecular weight is 281 g/mol. The zero-order valence-corrected chi connectivity index (χ0v) is 12.4. The predicted octanol–water partition coefficient (Wildman–Crippen LogP) is 2.22. The molecule has 0 spiro atoms. The number of ether oxygens (including phenoxy) is 1. The van der Waals surface area contributed by atoms with E-state index in [-0.39, 0.29) is 0 Å². The number of nitrogens with zero attached hydrogens (tertiary/aromatic N) is 2. The highest BCUT2D eigenvalue weighted by atomic mass is 32.1. The Hall–Kier alpha value is -0.520. The summed E-state index contributed by atoms with van der Waals surface area (Å²) in [5.74, 6) is 2.79. The van der Waals surface area contributed by atoms with E-state index < -0.39 is 0 Å². The van der Waals surface area contributed by atoms with E-state index in [0.717, 1.165) is 50.3 Å². The van der Waals surface area contributed by atoms with Crippen LogP contribution in [-0.4, -0.2) is 37.0 Å². The van der Waals surface area contributed by atoms with E-state index in [1.807, 2.05) is 11.3 Å². The molecule has 1 aromatic rings. The summed E-state index contributed by atoms with van der Waals surface area (Å²) in [6.07, 6.45) is 6.41. The Kier molecular flexibility index (Phi) is 4.45. The number of aromatic nitrogens is 2. The number of hydrogen-bond acceptors (Lipinski definition) is 5. The molecule has 2 aliphatic rings. The standard InChI is InChI=1S/C14H23N3OS/c1-18-6-5-15-4-2-3-13-16-17-14(19-13)12-8-10-7-11(10)9-12/h10-12,15H,2-9H2,1H3. The normalized spacial score (nSPS) is 28.6. The molecule has 1 aromatic heterocycles. The lowest BCUT2D eigenvalue weighted by Crippen LogP contribution is -2.20. The van der Waals surface area contributed by atoms with Crippen molar-refractivity contribution in [1.82, 2.24) is 15.5 Å². The van der Waals surface area contributed by atoms with Gasteiger partial charge < -0.3 is 10.1 Å². The lowest BCUT2D eigenvalue weighted by Gasteiger charge is -2.05. The first-order valence-corrected chi connectivity index (χ1v) is 8.20. The highest BCUT2D eigenvalue weighted by Crippen LogP contribution is 2.57. The van der Waals surface area contributed by atoms with E-state index in [2.05, 4.69) is 15.5 Å². The number of rotatable bonds is 8. The topological polar surface area (TPSA) is 47.0 Å². The first-order chi connectivity index (χ1) is 9.36. The molecule has 3 rings (SSSR count). The lowest BCUT2D eigenvalue weighted by molar-refractivity contribution is 0.199. The second-order valence-electron chi connectivity index (χ2n) is 5.80.